The van der Waals surface area contributed by atoms with Gasteiger partial charge in [0.15, 0.2) is 0 Å². The third-order valence-electron chi connectivity index (χ3n) is 3.97. The van der Waals surface area contributed by atoms with E-state index in [1.54, 1.807) is 0 Å². The van der Waals surface area contributed by atoms with Crippen LogP contribution in [0.1, 0.15) is 39.5 Å². The summed E-state index contributed by atoms with van der Waals surface area (Å²) in [5.74, 6) is 0. The summed E-state index contributed by atoms with van der Waals surface area (Å²) in [7, 11) is 2.27. The molecule has 2 fully saturated rings. The second kappa shape index (κ2) is 4.26. The molecule has 2 heterocycles. The third-order valence-corrected chi connectivity index (χ3v) is 3.97. The van der Waals surface area contributed by atoms with Crippen LogP contribution in [0.4, 0.5) is 0 Å². The van der Waals surface area contributed by atoms with Crippen molar-refractivity contribution in [1.82, 2.24) is 10.2 Å². The van der Waals surface area contributed by atoms with Gasteiger partial charge in [0.05, 0.1) is 0 Å². The predicted molar refractivity (Wildman–Crippen MR) is 65.0 cm³/mol. The first-order chi connectivity index (χ1) is 7.08. The zero-order valence-corrected chi connectivity index (χ0v) is 10.3. The van der Waals surface area contributed by atoms with Gasteiger partial charge in [0.1, 0.15) is 0 Å². The average Bonchev–Trinajstić information content (AvgIpc) is 2.13. The molecule has 2 aliphatic heterocycles. The Morgan fingerprint density at radius 2 is 2.13 bits per heavy atom. The molecule has 0 saturated carbocycles. The van der Waals surface area contributed by atoms with Crippen molar-refractivity contribution in [2.24, 2.45) is 0 Å². The summed E-state index contributed by atoms with van der Waals surface area (Å²) in [5, 5.41) is 3.68. The SMILES string of the molecule is C=C1CC[C@H]2C[C@H](NC(C)C)C[C@@H]1N2C. The maximum absolute atomic E-state index is 4.23. The zero-order valence-electron chi connectivity index (χ0n) is 10.3. The van der Waals surface area contributed by atoms with Gasteiger partial charge in [-0.05, 0) is 32.7 Å². The van der Waals surface area contributed by atoms with E-state index >= 15 is 0 Å². The zero-order chi connectivity index (χ0) is 11.0. The van der Waals surface area contributed by atoms with Crippen molar-refractivity contribution < 1.29 is 0 Å². The number of rotatable bonds is 2. The maximum Gasteiger partial charge on any atom is 0.0319 e. The summed E-state index contributed by atoms with van der Waals surface area (Å²) in [6.07, 6.45) is 5.12. The van der Waals surface area contributed by atoms with Crippen molar-refractivity contribution in [2.75, 3.05) is 7.05 Å². The van der Waals surface area contributed by atoms with Crippen molar-refractivity contribution in [3.8, 4) is 0 Å². The van der Waals surface area contributed by atoms with Crippen LogP contribution in [-0.2, 0) is 0 Å². The van der Waals surface area contributed by atoms with Crippen LogP contribution < -0.4 is 5.32 Å². The molecule has 0 aromatic heterocycles. The van der Waals surface area contributed by atoms with Crippen molar-refractivity contribution in [2.45, 2.75) is 63.7 Å². The summed E-state index contributed by atoms with van der Waals surface area (Å²) in [5.41, 5.74) is 1.45. The van der Waals surface area contributed by atoms with E-state index < -0.39 is 0 Å². The molecule has 0 aliphatic carbocycles. The van der Waals surface area contributed by atoms with Gasteiger partial charge >= 0.3 is 0 Å². The number of hydrogen-bond acceptors (Lipinski definition) is 2. The maximum atomic E-state index is 4.23. The molecule has 2 nitrogen and oxygen atoms in total. The fraction of sp³-hybridized carbons (Fsp3) is 0.846. The summed E-state index contributed by atoms with van der Waals surface area (Å²) in [6.45, 7) is 8.71. The summed E-state index contributed by atoms with van der Waals surface area (Å²) < 4.78 is 0. The van der Waals surface area contributed by atoms with E-state index in [9.17, 15) is 0 Å². The summed E-state index contributed by atoms with van der Waals surface area (Å²) in [6, 6.07) is 2.72. The van der Waals surface area contributed by atoms with Gasteiger partial charge in [-0.25, -0.2) is 0 Å². The Labute approximate surface area is 93.7 Å². The Morgan fingerprint density at radius 1 is 1.40 bits per heavy atom. The van der Waals surface area contributed by atoms with E-state index in [1.165, 1.54) is 31.3 Å². The van der Waals surface area contributed by atoms with Gasteiger partial charge in [0.25, 0.3) is 0 Å². The molecule has 2 bridgehead atoms. The minimum atomic E-state index is 0.604. The normalized spacial score (nSPS) is 37.3. The molecule has 86 valence electrons. The molecule has 3 atom stereocenters. The Morgan fingerprint density at radius 3 is 2.80 bits per heavy atom. The first kappa shape index (κ1) is 11.2. The van der Waals surface area contributed by atoms with Gasteiger partial charge in [-0.1, -0.05) is 26.0 Å². The van der Waals surface area contributed by atoms with Crippen molar-refractivity contribution in [3.05, 3.63) is 12.2 Å². The number of likely N-dealkylation sites (N-methyl/N-ethyl adjacent to an activating group) is 1. The predicted octanol–water partition coefficient (Wildman–Crippen LogP) is 2.17. The first-order valence-corrected chi connectivity index (χ1v) is 6.23. The van der Waals surface area contributed by atoms with Crippen LogP contribution in [0.2, 0.25) is 0 Å². The molecule has 15 heavy (non-hydrogen) atoms. The smallest absolute Gasteiger partial charge is 0.0319 e. The van der Waals surface area contributed by atoms with Crippen molar-refractivity contribution in [1.29, 1.82) is 0 Å². The van der Waals surface area contributed by atoms with Gasteiger partial charge in [-0.2, -0.15) is 0 Å². The molecule has 2 rings (SSSR count). The van der Waals surface area contributed by atoms with Crippen LogP contribution in [0, 0.1) is 0 Å². The molecule has 0 unspecified atom stereocenters. The monoisotopic (exact) mass is 208 g/mol. The lowest BCUT2D eigenvalue weighted by molar-refractivity contribution is 0.0793. The van der Waals surface area contributed by atoms with E-state index in [2.05, 4.69) is 37.7 Å². The van der Waals surface area contributed by atoms with Crippen molar-refractivity contribution in [3.63, 3.8) is 0 Å². The van der Waals surface area contributed by atoms with E-state index in [1.807, 2.05) is 0 Å². The Kier molecular flexibility index (Phi) is 3.17. The Hall–Kier alpha value is -0.340. The van der Waals surface area contributed by atoms with Gasteiger partial charge < -0.3 is 5.32 Å². The highest BCUT2D eigenvalue weighted by Crippen LogP contribution is 2.35. The molecule has 0 spiro atoms. The molecule has 0 radical (unpaired) electrons. The lowest BCUT2D eigenvalue weighted by Crippen LogP contribution is -2.56. The molecular formula is C13H24N2. The van der Waals surface area contributed by atoms with Crippen LogP contribution in [0.15, 0.2) is 12.2 Å². The largest absolute Gasteiger partial charge is 0.312 e. The number of fused-ring (bicyclic) bond motifs is 2. The van der Waals surface area contributed by atoms with Crippen molar-refractivity contribution >= 4 is 0 Å². The second-order valence-corrected chi connectivity index (χ2v) is 5.52. The van der Waals surface area contributed by atoms with E-state index in [4.69, 9.17) is 0 Å². The fourth-order valence-electron chi connectivity index (χ4n) is 3.18. The fourth-order valence-corrected chi connectivity index (χ4v) is 3.18. The average molecular weight is 208 g/mol. The highest BCUT2D eigenvalue weighted by atomic mass is 15.2. The van der Waals surface area contributed by atoms with Gasteiger partial charge in [0.2, 0.25) is 0 Å². The first-order valence-electron chi connectivity index (χ1n) is 6.23. The third kappa shape index (κ3) is 2.26. The summed E-state index contributed by atoms with van der Waals surface area (Å²) >= 11 is 0. The van der Waals surface area contributed by atoms with E-state index in [0.29, 0.717) is 18.1 Å². The number of piperidine rings is 2. The Balaban J connectivity index is 2.02. The number of nitrogens with zero attached hydrogens (tertiary/aromatic N) is 1. The lowest BCUT2D eigenvalue weighted by atomic mass is 9.80. The molecule has 0 amide bonds. The summed E-state index contributed by atoms with van der Waals surface area (Å²) in [4.78, 5) is 2.55. The molecule has 1 N–H and O–H groups in total. The van der Waals surface area contributed by atoms with Gasteiger partial charge in [-0.3, -0.25) is 4.90 Å². The van der Waals surface area contributed by atoms with Crippen LogP contribution in [0.25, 0.3) is 0 Å². The van der Waals surface area contributed by atoms with E-state index in [-0.39, 0.29) is 0 Å². The standard InChI is InChI=1S/C13H24N2/c1-9(2)14-11-7-12-6-5-10(3)13(8-11)15(12)4/h9,11-14H,3,5-8H2,1-2,4H3/t11-,12-,13-/m0/s1. The van der Waals surface area contributed by atoms with Crippen LogP contribution in [0.5, 0.6) is 0 Å². The molecule has 2 aliphatic rings. The van der Waals surface area contributed by atoms with E-state index in [0.717, 1.165) is 6.04 Å². The highest BCUT2D eigenvalue weighted by Gasteiger charge is 2.37. The van der Waals surface area contributed by atoms with Gasteiger partial charge in [0, 0.05) is 24.2 Å². The number of nitrogens with one attached hydrogen (secondary N) is 1. The second-order valence-electron chi connectivity index (χ2n) is 5.52. The molecule has 0 aromatic rings. The minimum absolute atomic E-state index is 0.604. The quantitative estimate of drug-likeness (QED) is 0.700. The van der Waals surface area contributed by atoms with Crippen LogP contribution in [0.3, 0.4) is 0 Å². The van der Waals surface area contributed by atoms with Crippen LogP contribution >= 0.6 is 0 Å². The van der Waals surface area contributed by atoms with Gasteiger partial charge in [-0.15, -0.1) is 0 Å². The molecular weight excluding hydrogens is 184 g/mol. The Bertz CT molecular complexity index is 247. The topological polar surface area (TPSA) is 15.3 Å². The molecule has 0 aromatic carbocycles. The highest BCUT2D eigenvalue weighted by molar-refractivity contribution is 5.14. The van der Waals surface area contributed by atoms with Crippen LogP contribution in [-0.4, -0.2) is 36.1 Å². The minimum Gasteiger partial charge on any atom is -0.312 e. The number of hydrogen-bond donors (Lipinski definition) is 1. The molecule has 2 heteroatoms. The lowest BCUT2D eigenvalue weighted by Gasteiger charge is -2.48. The molecule has 2 saturated heterocycles.